The van der Waals surface area contributed by atoms with Crippen molar-refractivity contribution in [2.75, 3.05) is 5.32 Å². The van der Waals surface area contributed by atoms with Crippen molar-refractivity contribution in [2.24, 2.45) is 5.92 Å². The maximum absolute atomic E-state index is 12.1. The van der Waals surface area contributed by atoms with E-state index in [4.69, 9.17) is 0 Å². The second-order valence-electron chi connectivity index (χ2n) is 5.52. The Hall–Kier alpha value is -2.28. The lowest BCUT2D eigenvalue weighted by Gasteiger charge is -1.98. The SMILES string of the molecule is CC(C)Cc1nnc(NC(=O)Cc2cn3ccccc3n2)s1. The maximum atomic E-state index is 12.1. The van der Waals surface area contributed by atoms with E-state index in [1.54, 1.807) is 0 Å². The summed E-state index contributed by atoms with van der Waals surface area (Å²) in [4.78, 5) is 16.5. The van der Waals surface area contributed by atoms with Gasteiger partial charge in [0.1, 0.15) is 10.7 Å². The molecule has 0 bridgehead atoms. The number of hydrogen-bond acceptors (Lipinski definition) is 5. The Balaban J connectivity index is 1.63. The molecule has 1 N–H and O–H groups in total. The van der Waals surface area contributed by atoms with Crippen LogP contribution in [0.25, 0.3) is 5.65 Å². The van der Waals surface area contributed by atoms with E-state index in [1.807, 2.05) is 35.0 Å². The van der Waals surface area contributed by atoms with Crippen molar-refractivity contribution in [2.45, 2.75) is 26.7 Å². The van der Waals surface area contributed by atoms with E-state index in [2.05, 4.69) is 34.3 Å². The fourth-order valence-corrected chi connectivity index (χ4v) is 3.10. The molecule has 1 amide bonds. The lowest BCUT2D eigenvalue weighted by molar-refractivity contribution is -0.115. The third-order valence-electron chi connectivity index (χ3n) is 3.05. The Labute approximate surface area is 132 Å². The Bertz CT molecular complexity index is 759. The molecule has 0 saturated carbocycles. The Kier molecular flexibility index (Phi) is 4.15. The summed E-state index contributed by atoms with van der Waals surface area (Å²) >= 11 is 1.43. The van der Waals surface area contributed by atoms with E-state index in [0.717, 1.165) is 22.8 Å². The van der Waals surface area contributed by atoms with Crippen LogP contribution in [0.1, 0.15) is 24.5 Å². The van der Waals surface area contributed by atoms with Crippen molar-refractivity contribution in [1.29, 1.82) is 0 Å². The topological polar surface area (TPSA) is 72.2 Å². The van der Waals surface area contributed by atoms with Crippen LogP contribution >= 0.6 is 11.3 Å². The van der Waals surface area contributed by atoms with Crippen molar-refractivity contribution < 1.29 is 4.79 Å². The molecule has 3 aromatic heterocycles. The molecule has 0 saturated heterocycles. The van der Waals surface area contributed by atoms with E-state index >= 15 is 0 Å². The lowest BCUT2D eigenvalue weighted by Crippen LogP contribution is -2.14. The first kappa shape index (κ1) is 14.6. The zero-order chi connectivity index (χ0) is 15.5. The van der Waals surface area contributed by atoms with E-state index < -0.39 is 0 Å². The molecule has 0 atom stereocenters. The number of hydrogen-bond donors (Lipinski definition) is 1. The third-order valence-corrected chi connectivity index (χ3v) is 3.91. The van der Waals surface area contributed by atoms with Gasteiger partial charge < -0.3 is 9.72 Å². The van der Waals surface area contributed by atoms with Gasteiger partial charge in [-0.05, 0) is 18.1 Å². The summed E-state index contributed by atoms with van der Waals surface area (Å²) in [5.41, 5.74) is 1.57. The number of nitrogens with one attached hydrogen (secondary N) is 1. The fraction of sp³-hybridized carbons (Fsp3) is 0.333. The molecule has 3 aromatic rings. The number of nitrogens with zero attached hydrogens (tertiary/aromatic N) is 4. The molecule has 22 heavy (non-hydrogen) atoms. The second-order valence-corrected chi connectivity index (χ2v) is 6.58. The zero-order valence-electron chi connectivity index (χ0n) is 12.5. The van der Waals surface area contributed by atoms with Gasteiger partial charge in [0.2, 0.25) is 11.0 Å². The monoisotopic (exact) mass is 315 g/mol. The standard InChI is InChI=1S/C15H17N5OS/c1-10(2)7-14-18-19-15(22-14)17-13(21)8-11-9-20-6-4-3-5-12(20)16-11/h3-6,9-10H,7-8H2,1-2H3,(H,17,19,21). The molecule has 114 valence electrons. The minimum Gasteiger partial charge on any atom is -0.307 e. The number of aromatic nitrogens is 4. The molecule has 3 rings (SSSR count). The number of fused-ring (bicyclic) bond motifs is 1. The van der Waals surface area contributed by atoms with Crippen molar-refractivity contribution in [3.63, 3.8) is 0 Å². The highest BCUT2D eigenvalue weighted by Crippen LogP contribution is 2.18. The number of pyridine rings is 1. The molecule has 3 heterocycles. The van der Waals surface area contributed by atoms with Crippen molar-refractivity contribution in [3.8, 4) is 0 Å². The van der Waals surface area contributed by atoms with E-state index in [1.165, 1.54) is 11.3 Å². The van der Waals surface area contributed by atoms with Gasteiger partial charge in [0.25, 0.3) is 0 Å². The van der Waals surface area contributed by atoms with Crippen LogP contribution in [0.2, 0.25) is 0 Å². The minimum atomic E-state index is -0.129. The van der Waals surface area contributed by atoms with Crippen LogP contribution in [0.3, 0.4) is 0 Å². The molecular formula is C15H17N5OS. The van der Waals surface area contributed by atoms with Crippen LogP contribution in [0.5, 0.6) is 0 Å². The highest BCUT2D eigenvalue weighted by molar-refractivity contribution is 7.15. The smallest absolute Gasteiger partial charge is 0.232 e. The molecule has 7 heteroatoms. The summed E-state index contributed by atoms with van der Waals surface area (Å²) in [7, 11) is 0. The van der Waals surface area contributed by atoms with Gasteiger partial charge in [0.15, 0.2) is 0 Å². The van der Waals surface area contributed by atoms with Crippen molar-refractivity contribution >= 4 is 28.0 Å². The quantitative estimate of drug-likeness (QED) is 0.785. The average Bonchev–Trinajstić information content (AvgIpc) is 3.03. The van der Waals surface area contributed by atoms with Gasteiger partial charge in [-0.2, -0.15) is 0 Å². The van der Waals surface area contributed by atoms with Crippen LogP contribution in [0.4, 0.5) is 5.13 Å². The highest BCUT2D eigenvalue weighted by Gasteiger charge is 2.11. The van der Waals surface area contributed by atoms with Crippen LogP contribution < -0.4 is 5.32 Å². The number of carbonyl (C=O) groups is 1. The fourth-order valence-electron chi connectivity index (χ4n) is 2.14. The summed E-state index contributed by atoms with van der Waals surface area (Å²) in [6, 6.07) is 5.75. The van der Waals surface area contributed by atoms with Crippen molar-refractivity contribution in [3.05, 3.63) is 41.3 Å². The first-order chi connectivity index (χ1) is 10.6. The highest BCUT2D eigenvalue weighted by atomic mass is 32.1. The molecule has 0 aliphatic heterocycles. The largest absolute Gasteiger partial charge is 0.307 e. The van der Waals surface area contributed by atoms with E-state index in [-0.39, 0.29) is 12.3 Å². The summed E-state index contributed by atoms with van der Waals surface area (Å²) in [5.74, 6) is 0.394. The number of amides is 1. The molecule has 0 unspecified atom stereocenters. The molecule has 0 radical (unpaired) electrons. The summed E-state index contributed by atoms with van der Waals surface area (Å²) < 4.78 is 1.90. The summed E-state index contributed by atoms with van der Waals surface area (Å²) in [6.45, 7) is 4.26. The molecule has 6 nitrogen and oxygen atoms in total. The maximum Gasteiger partial charge on any atom is 0.232 e. The second kappa shape index (κ2) is 6.23. The molecule has 0 aromatic carbocycles. The summed E-state index contributed by atoms with van der Waals surface area (Å²) in [6.07, 6.45) is 4.87. The Morgan fingerprint density at radius 2 is 2.23 bits per heavy atom. The first-order valence-electron chi connectivity index (χ1n) is 7.15. The lowest BCUT2D eigenvalue weighted by atomic mass is 10.1. The molecule has 0 fully saturated rings. The van der Waals surface area contributed by atoms with Crippen molar-refractivity contribution in [1.82, 2.24) is 19.6 Å². The van der Waals surface area contributed by atoms with Gasteiger partial charge in [-0.15, -0.1) is 10.2 Å². The molecule has 0 aliphatic rings. The van der Waals surface area contributed by atoms with Gasteiger partial charge in [0, 0.05) is 18.8 Å². The number of carbonyl (C=O) groups excluding carboxylic acids is 1. The van der Waals surface area contributed by atoms with Crippen LogP contribution in [0.15, 0.2) is 30.6 Å². The number of imidazole rings is 1. The Morgan fingerprint density at radius 3 is 3.00 bits per heavy atom. The van der Waals surface area contributed by atoms with Gasteiger partial charge in [-0.1, -0.05) is 31.3 Å². The average molecular weight is 315 g/mol. The van der Waals surface area contributed by atoms with Crippen LogP contribution in [-0.2, 0) is 17.6 Å². The normalized spacial score (nSPS) is 11.2. The Morgan fingerprint density at radius 1 is 1.36 bits per heavy atom. The third kappa shape index (κ3) is 3.48. The van der Waals surface area contributed by atoms with Gasteiger partial charge in [-0.3, -0.25) is 4.79 Å². The molecule has 0 aliphatic carbocycles. The summed E-state index contributed by atoms with van der Waals surface area (Å²) in [5, 5.41) is 12.4. The van der Waals surface area contributed by atoms with Crippen LogP contribution in [0, 0.1) is 5.92 Å². The first-order valence-corrected chi connectivity index (χ1v) is 7.96. The molecular weight excluding hydrogens is 298 g/mol. The number of rotatable bonds is 5. The van der Waals surface area contributed by atoms with Gasteiger partial charge in [-0.25, -0.2) is 4.98 Å². The van der Waals surface area contributed by atoms with E-state index in [9.17, 15) is 4.79 Å². The predicted octanol–water partition coefficient (Wildman–Crippen LogP) is 2.57. The number of anilines is 1. The minimum absolute atomic E-state index is 0.129. The zero-order valence-corrected chi connectivity index (χ0v) is 13.3. The van der Waals surface area contributed by atoms with E-state index in [0.29, 0.717) is 11.0 Å². The molecule has 0 spiro atoms. The predicted molar refractivity (Wildman–Crippen MR) is 86.0 cm³/mol. The van der Waals surface area contributed by atoms with Gasteiger partial charge >= 0.3 is 0 Å². The van der Waals surface area contributed by atoms with Gasteiger partial charge in [0.05, 0.1) is 12.1 Å². The van der Waals surface area contributed by atoms with Crippen LogP contribution in [-0.4, -0.2) is 25.5 Å².